The number of hydrogen-bond acceptors (Lipinski definition) is 0. The van der Waals surface area contributed by atoms with E-state index in [4.69, 9.17) is 22.2 Å². The fourth-order valence-corrected chi connectivity index (χ4v) is 13.4. The molecule has 0 aliphatic carbocycles. The highest BCUT2D eigenvalue weighted by Gasteiger charge is 2.28. The Morgan fingerprint density at radius 1 is 0.244 bits per heavy atom. The van der Waals surface area contributed by atoms with Gasteiger partial charge in [-0.05, 0) is 24.2 Å². The van der Waals surface area contributed by atoms with E-state index in [1.807, 2.05) is 0 Å². The van der Waals surface area contributed by atoms with Gasteiger partial charge in [-0.15, -0.1) is 0 Å². The van der Waals surface area contributed by atoms with E-state index in [0.717, 1.165) is 0 Å². The number of halogens is 2. The Hall–Kier alpha value is 1.01. The summed E-state index contributed by atoms with van der Waals surface area (Å²) in [6.07, 6.45) is 47.4. The molecule has 0 saturated carbocycles. The molecule has 0 aromatic carbocycles. The third-order valence-corrected chi connectivity index (χ3v) is 18.4. The number of rotatable bonds is 38. The van der Waals surface area contributed by atoms with Crippen molar-refractivity contribution in [1.82, 2.24) is 0 Å². The van der Waals surface area contributed by atoms with Crippen molar-refractivity contribution in [2.24, 2.45) is 0 Å². The summed E-state index contributed by atoms with van der Waals surface area (Å²) >= 11 is 14.2. The van der Waals surface area contributed by atoms with Crippen molar-refractivity contribution in [3.8, 4) is 0 Å². The van der Waals surface area contributed by atoms with Crippen LogP contribution < -0.4 is 0 Å². The highest BCUT2D eigenvalue weighted by atomic mass is 35.6. The topological polar surface area (TPSA) is 0 Å². The van der Waals surface area contributed by atoms with Gasteiger partial charge in [0.1, 0.15) is 0 Å². The summed E-state index contributed by atoms with van der Waals surface area (Å²) in [7, 11) is -3.10. The molecule has 0 fully saturated rings. The lowest BCUT2D eigenvalue weighted by Gasteiger charge is -2.23. The highest BCUT2D eigenvalue weighted by Crippen LogP contribution is 2.31. The first kappa shape index (κ1) is 46.0. The minimum Gasteiger partial charge on any atom is -0.167 e. The molecule has 0 amide bonds. The number of hydrogen-bond donors (Lipinski definition) is 0. The number of unbranched alkanes of at least 4 members (excludes halogenated alkanes) is 30. The fraction of sp³-hybridized carbons (Fsp3) is 1.00. The van der Waals surface area contributed by atoms with Crippen LogP contribution in [0.25, 0.3) is 0 Å². The predicted octanol–water partition coefficient (Wildman–Crippen LogP) is 17.5. The second-order valence-corrected chi connectivity index (χ2v) is 28.9. The van der Waals surface area contributed by atoms with Gasteiger partial charge in [-0.3, -0.25) is 0 Å². The lowest BCUT2D eigenvalue weighted by Crippen LogP contribution is -2.25. The average molecular weight is 706 g/mol. The lowest BCUT2D eigenvalue weighted by molar-refractivity contribution is 0.531. The molecule has 0 bridgehead atoms. The molecule has 272 valence electrons. The molecule has 0 aromatic heterocycles. The van der Waals surface area contributed by atoms with E-state index >= 15 is 0 Å². The maximum atomic E-state index is 7.09. The van der Waals surface area contributed by atoms with Gasteiger partial charge in [-0.25, -0.2) is 0 Å². The van der Waals surface area contributed by atoms with Crippen molar-refractivity contribution in [3.63, 3.8) is 0 Å². The zero-order valence-electron chi connectivity index (χ0n) is 31.9. The van der Waals surface area contributed by atoms with Crippen LogP contribution in [0.15, 0.2) is 0 Å². The molecule has 0 aliphatic heterocycles. The van der Waals surface area contributed by atoms with E-state index in [2.05, 4.69) is 26.9 Å². The second-order valence-electron chi connectivity index (χ2n) is 15.8. The Morgan fingerprint density at radius 2 is 0.400 bits per heavy atom. The van der Waals surface area contributed by atoms with Gasteiger partial charge in [-0.2, -0.15) is 22.2 Å². The van der Waals surface area contributed by atoms with Gasteiger partial charge in [0.25, 0.3) is 0 Å². The van der Waals surface area contributed by atoms with Gasteiger partial charge < -0.3 is 0 Å². The van der Waals surface area contributed by atoms with Crippen LogP contribution in [-0.4, -0.2) is 14.8 Å². The van der Waals surface area contributed by atoms with Gasteiger partial charge in [0.2, 0.25) is 0 Å². The largest absolute Gasteiger partial charge is 0.167 e. The van der Waals surface area contributed by atoms with Gasteiger partial charge in [0.15, 0.2) is 14.8 Å². The van der Waals surface area contributed by atoms with Crippen molar-refractivity contribution in [3.05, 3.63) is 0 Å². The van der Waals surface area contributed by atoms with Crippen molar-refractivity contribution < 1.29 is 0 Å². The smallest absolute Gasteiger partial charge is 0.153 e. The third kappa shape index (κ3) is 37.7. The zero-order valence-corrected chi connectivity index (χ0v) is 35.4. The van der Waals surface area contributed by atoms with Crippen LogP contribution in [0.5, 0.6) is 0 Å². The Balaban J connectivity index is 3.49. The van der Waals surface area contributed by atoms with Crippen molar-refractivity contribution in [2.45, 2.75) is 263 Å². The standard InChI is InChI=1S/C41H86Cl2Si2/c1-5-7-9-11-13-15-17-19-21-23-25-27-29-31-33-35-38-44(3,42)40-37-41-45(4,43)39-36-34-32-30-28-26-24-22-20-18-16-14-12-10-8-6-2/h5-41H2,1-4H3. The van der Waals surface area contributed by atoms with Crippen LogP contribution in [0.4, 0.5) is 0 Å². The molecule has 4 heteroatoms. The highest BCUT2D eigenvalue weighted by molar-refractivity contribution is 7.20. The minimum absolute atomic E-state index is 1.28. The van der Waals surface area contributed by atoms with Crippen LogP contribution in [0, 0.1) is 0 Å². The summed E-state index contributed by atoms with van der Waals surface area (Å²) in [5, 5.41) is 0. The van der Waals surface area contributed by atoms with Crippen LogP contribution in [-0.2, 0) is 0 Å². The molecule has 0 N–H and O–H groups in total. The third-order valence-electron chi connectivity index (χ3n) is 10.5. The molecule has 0 heterocycles. The molecule has 0 saturated heterocycles. The van der Waals surface area contributed by atoms with E-state index in [1.54, 1.807) is 0 Å². The molecule has 0 radical (unpaired) electrons. The second kappa shape index (κ2) is 34.9. The first-order valence-electron chi connectivity index (χ1n) is 21.2. The summed E-state index contributed by atoms with van der Waals surface area (Å²) in [4.78, 5) is 0. The summed E-state index contributed by atoms with van der Waals surface area (Å²) in [5.41, 5.74) is 0. The first-order valence-corrected chi connectivity index (χ1v) is 29.1. The van der Waals surface area contributed by atoms with Crippen LogP contribution in [0.2, 0.25) is 37.3 Å². The molecule has 0 rings (SSSR count). The molecule has 2 unspecified atom stereocenters. The molecule has 2 atom stereocenters. The van der Waals surface area contributed by atoms with Crippen molar-refractivity contribution in [2.75, 3.05) is 0 Å². The van der Waals surface area contributed by atoms with Crippen molar-refractivity contribution >= 4 is 36.9 Å². The van der Waals surface area contributed by atoms with E-state index in [9.17, 15) is 0 Å². The Kier molecular flexibility index (Phi) is 35.6. The summed E-state index contributed by atoms with van der Waals surface area (Å²) in [5.74, 6) is 0. The monoisotopic (exact) mass is 705 g/mol. The van der Waals surface area contributed by atoms with E-state index < -0.39 is 14.8 Å². The van der Waals surface area contributed by atoms with Gasteiger partial charge in [0.05, 0.1) is 0 Å². The molecule has 0 nitrogen and oxygen atoms in total. The molecule has 0 spiro atoms. The van der Waals surface area contributed by atoms with Crippen LogP contribution in [0.3, 0.4) is 0 Å². The minimum atomic E-state index is -1.55. The van der Waals surface area contributed by atoms with Crippen molar-refractivity contribution in [1.29, 1.82) is 0 Å². The Labute approximate surface area is 298 Å². The quantitative estimate of drug-likeness (QED) is 0.0341. The maximum Gasteiger partial charge on any atom is 0.153 e. The van der Waals surface area contributed by atoms with Crippen LogP contribution in [0.1, 0.15) is 226 Å². The lowest BCUT2D eigenvalue weighted by atomic mass is 10.0. The van der Waals surface area contributed by atoms with Gasteiger partial charge in [-0.1, -0.05) is 239 Å². The fourth-order valence-electron chi connectivity index (χ4n) is 7.16. The van der Waals surface area contributed by atoms with E-state index in [1.165, 1.54) is 236 Å². The van der Waals surface area contributed by atoms with E-state index in [0.29, 0.717) is 0 Å². The molecular weight excluding hydrogens is 620 g/mol. The Bertz CT molecular complexity index is 518. The first-order chi connectivity index (χ1) is 21.8. The van der Waals surface area contributed by atoms with E-state index in [-0.39, 0.29) is 0 Å². The maximum absolute atomic E-state index is 7.09. The van der Waals surface area contributed by atoms with Gasteiger partial charge in [0, 0.05) is 0 Å². The zero-order chi connectivity index (χ0) is 33.2. The normalized spacial score (nSPS) is 14.5. The van der Waals surface area contributed by atoms with Crippen LogP contribution >= 0.6 is 22.2 Å². The average Bonchev–Trinajstić information content (AvgIpc) is 3.00. The SMILES string of the molecule is CCCCCCCCCCCCCCCCCC[Si](C)(Cl)CCC[Si](C)(Cl)CCCCCCCCCCCCCCCCCC. The molecule has 45 heavy (non-hydrogen) atoms. The Morgan fingerprint density at radius 3 is 0.600 bits per heavy atom. The molecular formula is C41H86Cl2Si2. The van der Waals surface area contributed by atoms with Gasteiger partial charge >= 0.3 is 0 Å². The predicted molar refractivity (Wildman–Crippen MR) is 218 cm³/mol. The molecule has 0 aromatic rings. The summed E-state index contributed by atoms with van der Waals surface area (Å²) in [6.45, 7) is 9.45. The summed E-state index contributed by atoms with van der Waals surface area (Å²) < 4.78 is 0. The molecule has 0 aliphatic rings. The summed E-state index contributed by atoms with van der Waals surface area (Å²) in [6, 6.07) is 5.18.